The van der Waals surface area contributed by atoms with Crippen LogP contribution in [-0.2, 0) is 19.7 Å². The molecule has 0 saturated heterocycles. The number of hydrogen-bond acceptors (Lipinski definition) is 3. The molecule has 2 bridgehead atoms. The lowest BCUT2D eigenvalue weighted by Gasteiger charge is -2.38. The molecule has 1 aromatic rings. The average Bonchev–Trinajstić information content (AvgIpc) is 3.21. The summed E-state index contributed by atoms with van der Waals surface area (Å²) in [6.45, 7) is 2.10. The first-order valence-corrected chi connectivity index (χ1v) is 9.18. The Bertz CT molecular complexity index is 737. The summed E-state index contributed by atoms with van der Waals surface area (Å²) in [6.07, 6.45) is 6.30. The van der Waals surface area contributed by atoms with Crippen molar-refractivity contribution in [3.8, 4) is 0 Å². The van der Waals surface area contributed by atoms with Crippen molar-refractivity contribution in [3.63, 3.8) is 0 Å². The molecule has 0 unspecified atom stereocenters. The van der Waals surface area contributed by atoms with Gasteiger partial charge >= 0.3 is 5.97 Å². The van der Waals surface area contributed by atoms with E-state index in [1.807, 2.05) is 24.3 Å². The highest BCUT2D eigenvalue weighted by molar-refractivity contribution is 9.10. The second kappa shape index (κ2) is 5.19. The van der Waals surface area contributed by atoms with E-state index in [-0.39, 0.29) is 23.2 Å². The van der Waals surface area contributed by atoms with Gasteiger partial charge in [0.1, 0.15) is 0 Å². The number of rotatable bonds is 4. The molecule has 126 valence electrons. The molecule has 0 radical (unpaired) electrons. The lowest BCUT2D eigenvalue weighted by atomic mass is 9.63. The van der Waals surface area contributed by atoms with Crippen LogP contribution in [-0.4, -0.2) is 18.5 Å². The topological polar surface area (TPSA) is 69.4 Å². The Morgan fingerprint density at radius 2 is 1.92 bits per heavy atom. The predicted molar refractivity (Wildman–Crippen MR) is 92.9 cm³/mol. The molecule has 3 aliphatic rings. The van der Waals surface area contributed by atoms with Gasteiger partial charge < -0.3 is 10.5 Å². The quantitative estimate of drug-likeness (QED) is 0.635. The molecular formula is C19H20BrNO3. The van der Waals surface area contributed by atoms with E-state index in [4.69, 9.17) is 10.5 Å². The number of halogens is 1. The summed E-state index contributed by atoms with van der Waals surface area (Å²) in [6, 6.07) is 7.62. The van der Waals surface area contributed by atoms with Crippen LogP contribution in [0, 0.1) is 23.2 Å². The van der Waals surface area contributed by atoms with Crippen molar-refractivity contribution in [2.45, 2.75) is 25.2 Å². The Morgan fingerprint density at radius 1 is 1.25 bits per heavy atom. The number of amides is 1. The molecule has 5 heteroatoms. The Labute approximate surface area is 149 Å². The zero-order chi connectivity index (χ0) is 17.1. The second-order valence-electron chi connectivity index (χ2n) is 7.09. The fourth-order valence-electron chi connectivity index (χ4n) is 5.23. The van der Waals surface area contributed by atoms with Crippen LogP contribution in [0.25, 0.3) is 0 Å². The Balaban J connectivity index is 1.92. The fourth-order valence-corrected chi connectivity index (χ4v) is 5.50. The van der Waals surface area contributed by atoms with Gasteiger partial charge in [-0.3, -0.25) is 9.59 Å². The van der Waals surface area contributed by atoms with Crippen molar-refractivity contribution in [3.05, 3.63) is 46.5 Å². The highest BCUT2D eigenvalue weighted by atomic mass is 79.9. The minimum Gasteiger partial charge on any atom is -0.466 e. The number of primary amides is 1. The monoisotopic (exact) mass is 389 g/mol. The molecule has 0 heterocycles. The van der Waals surface area contributed by atoms with Crippen LogP contribution in [0.2, 0.25) is 0 Å². The van der Waals surface area contributed by atoms with Gasteiger partial charge in [-0.05, 0) is 48.8 Å². The number of hydrogen-bond donors (Lipinski definition) is 1. The molecule has 1 aromatic carbocycles. The lowest BCUT2D eigenvalue weighted by molar-refractivity contribution is -0.154. The summed E-state index contributed by atoms with van der Waals surface area (Å²) in [5.74, 6) is -1.25. The van der Waals surface area contributed by atoms with Crippen LogP contribution in [0.5, 0.6) is 0 Å². The smallest absolute Gasteiger partial charge is 0.311 e. The molecule has 4 nitrogen and oxygen atoms in total. The summed E-state index contributed by atoms with van der Waals surface area (Å²) < 4.78 is 6.29. The third-order valence-electron chi connectivity index (χ3n) is 6.23. The minimum atomic E-state index is -1.01. The van der Waals surface area contributed by atoms with E-state index in [0.29, 0.717) is 6.61 Å². The first kappa shape index (κ1) is 15.9. The summed E-state index contributed by atoms with van der Waals surface area (Å²) >= 11 is 3.43. The number of carbonyl (C=O) groups excluding carboxylic acids is 2. The van der Waals surface area contributed by atoms with Gasteiger partial charge in [0.05, 0.1) is 17.9 Å². The van der Waals surface area contributed by atoms with Gasteiger partial charge in [0.15, 0.2) is 0 Å². The summed E-state index contributed by atoms with van der Waals surface area (Å²) in [5, 5.41) is 0. The molecule has 1 spiro atoms. The van der Waals surface area contributed by atoms with Crippen molar-refractivity contribution in [2.24, 2.45) is 28.9 Å². The third kappa shape index (κ3) is 1.79. The zero-order valence-corrected chi connectivity index (χ0v) is 15.1. The molecule has 2 saturated carbocycles. The minimum absolute atomic E-state index is 0.0134. The molecule has 0 aromatic heterocycles. The number of ether oxygens (including phenoxy) is 1. The first-order chi connectivity index (χ1) is 11.5. The highest BCUT2D eigenvalue weighted by Crippen LogP contribution is 2.76. The molecular weight excluding hydrogens is 370 g/mol. The van der Waals surface area contributed by atoms with Crippen LogP contribution < -0.4 is 5.73 Å². The summed E-state index contributed by atoms with van der Waals surface area (Å²) in [5.41, 5.74) is 5.79. The van der Waals surface area contributed by atoms with Gasteiger partial charge in [-0.25, -0.2) is 0 Å². The van der Waals surface area contributed by atoms with E-state index in [0.717, 1.165) is 22.9 Å². The van der Waals surface area contributed by atoms with E-state index < -0.39 is 17.2 Å². The van der Waals surface area contributed by atoms with E-state index in [1.165, 1.54) is 0 Å². The van der Waals surface area contributed by atoms with Gasteiger partial charge in [0, 0.05) is 10.4 Å². The normalized spacial score (nSPS) is 34.5. The summed E-state index contributed by atoms with van der Waals surface area (Å²) in [7, 11) is 0. The summed E-state index contributed by atoms with van der Waals surface area (Å²) in [4.78, 5) is 25.6. The van der Waals surface area contributed by atoms with Crippen LogP contribution in [0.3, 0.4) is 0 Å². The van der Waals surface area contributed by atoms with Crippen LogP contribution in [0.15, 0.2) is 40.9 Å². The van der Waals surface area contributed by atoms with E-state index in [2.05, 4.69) is 28.1 Å². The molecule has 3 aliphatic carbocycles. The van der Waals surface area contributed by atoms with Gasteiger partial charge in [0.25, 0.3) is 0 Å². The van der Waals surface area contributed by atoms with Crippen LogP contribution >= 0.6 is 15.9 Å². The molecule has 0 aliphatic heterocycles. The maximum Gasteiger partial charge on any atom is 0.311 e. The van der Waals surface area contributed by atoms with Crippen LogP contribution in [0.4, 0.5) is 0 Å². The van der Waals surface area contributed by atoms with E-state index in [9.17, 15) is 9.59 Å². The standard InChI is InChI=1S/C19H20BrNO3/c1-2-24-16(22)15-13-7-8-14(18(13)9-10-18)19(15,17(21)23)11-3-5-12(20)6-4-11/h3-8,13-15H,2,9-10H2,1H3,(H2,21,23)/t13-,14+,15+,19-/m1/s1. The van der Waals surface area contributed by atoms with E-state index >= 15 is 0 Å². The predicted octanol–water partition coefficient (Wildman–Crippen LogP) is 2.95. The van der Waals surface area contributed by atoms with Gasteiger partial charge in [-0.15, -0.1) is 0 Å². The van der Waals surface area contributed by atoms with Crippen molar-refractivity contribution < 1.29 is 14.3 Å². The Hall–Kier alpha value is -1.62. The van der Waals surface area contributed by atoms with Crippen LogP contribution in [0.1, 0.15) is 25.3 Å². The number of benzene rings is 1. The van der Waals surface area contributed by atoms with Crippen molar-refractivity contribution in [1.29, 1.82) is 0 Å². The van der Waals surface area contributed by atoms with E-state index in [1.54, 1.807) is 6.92 Å². The SMILES string of the molecule is CCOC(=O)[C@@H]1[C@H]2C=C[C@@H](C23CC3)[C@]1(C(N)=O)c1ccc(Br)cc1. The fraction of sp³-hybridized carbons (Fsp3) is 0.474. The maximum atomic E-state index is 12.8. The number of esters is 1. The maximum absolute atomic E-state index is 12.8. The van der Waals surface area contributed by atoms with Gasteiger partial charge in [0.2, 0.25) is 5.91 Å². The molecule has 2 N–H and O–H groups in total. The Kier molecular flexibility index (Phi) is 3.43. The van der Waals surface area contributed by atoms with Crippen molar-refractivity contribution in [2.75, 3.05) is 6.61 Å². The second-order valence-corrected chi connectivity index (χ2v) is 8.01. The molecule has 4 atom stereocenters. The third-order valence-corrected chi connectivity index (χ3v) is 6.76. The Morgan fingerprint density at radius 3 is 2.46 bits per heavy atom. The number of carbonyl (C=O) groups is 2. The average molecular weight is 390 g/mol. The molecule has 4 rings (SSSR count). The number of nitrogens with two attached hydrogens (primary N) is 1. The van der Waals surface area contributed by atoms with Crippen molar-refractivity contribution in [1.82, 2.24) is 0 Å². The van der Waals surface area contributed by atoms with Gasteiger partial charge in [-0.2, -0.15) is 0 Å². The zero-order valence-electron chi connectivity index (χ0n) is 13.5. The lowest BCUT2D eigenvalue weighted by Crippen LogP contribution is -2.53. The highest BCUT2D eigenvalue weighted by Gasteiger charge is 2.77. The van der Waals surface area contributed by atoms with Gasteiger partial charge in [-0.1, -0.05) is 40.2 Å². The molecule has 1 amide bonds. The molecule has 2 fully saturated rings. The molecule has 24 heavy (non-hydrogen) atoms. The van der Waals surface area contributed by atoms with Crippen molar-refractivity contribution >= 4 is 27.8 Å². The number of allylic oxidation sites excluding steroid dienone is 2. The first-order valence-electron chi connectivity index (χ1n) is 8.39. The largest absolute Gasteiger partial charge is 0.466 e.